The van der Waals surface area contributed by atoms with E-state index in [1.807, 2.05) is 6.92 Å². The van der Waals surface area contributed by atoms with Crippen molar-refractivity contribution in [1.29, 1.82) is 0 Å². The molecular formula is C29H29F3N2O3. The summed E-state index contributed by atoms with van der Waals surface area (Å²) in [5, 5.41) is 0. The van der Waals surface area contributed by atoms with Gasteiger partial charge in [0.1, 0.15) is 23.1 Å². The minimum atomic E-state index is -0.991. The zero-order chi connectivity index (χ0) is 26.7. The Balaban J connectivity index is 1.53. The maximum absolute atomic E-state index is 14.2. The van der Waals surface area contributed by atoms with Crippen LogP contribution in [0.3, 0.4) is 0 Å². The minimum Gasteiger partial charge on any atom is -0.438 e. The van der Waals surface area contributed by atoms with Crippen molar-refractivity contribution in [3.05, 3.63) is 95.3 Å². The smallest absolute Gasteiger partial charge is 0.411 e. The molecule has 0 aliphatic carbocycles. The molecule has 2 amide bonds. The molecule has 3 aromatic carbocycles. The largest absolute Gasteiger partial charge is 0.438 e. The van der Waals surface area contributed by atoms with Crippen molar-refractivity contribution in [2.45, 2.75) is 38.3 Å². The van der Waals surface area contributed by atoms with Gasteiger partial charge in [0, 0.05) is 51.5 Å². The zero-order valence-corrected chi connectivity index (χ0v) is 21.0. The van der Waals surface area contributed by atoms with Gasteiger partial charge < -0.3 is 14.5 Å². The number of cyclic esters (lactones) is 1. The monoisotopic (exact) mass is 510 g/mol. The van der Waals surface area contributed by atoms with Crippen LogP contribution in [0.15, 0.2) is 66.7 Å². The van der Waals surface area contributed by atoms with Crippen LogP contribution < -0.4 is 0 Å². The van der Waals surface area contributed by atoms with E-state index < -0.39 is 23.3 Å². The van der Waals surface area contributed by atoms with Gasteiger partial charge in [-0.25, -0.2) is 18.0 Å². The molecule has 4 rings (SSSR count). The fourth-order valence-corrected chi connectivity index (χ4v) is 4.65. The highest BCUT2D eigenvalue weighted by molar-refractivity contribution is 5.73. The maximum atomic E-state index is 14.2. The summed E-state index contributed by atoms with van der Waals surface area (Å²) >= 11 is 0. The minimum absolute atomic E-state index is 0.101. The van der Waals surface area contributed by atoms with E-state index in [0.717, 1.165) is 11.6 Å². The predicted octanol–water partition coefficient (Wildman–Crippen LogP) is 6.44. The molecule has 0 radical (unpaired) electrons. The van der Waals surface area contributed by atoms with Gasteiger partial charge in [0.05, 0.1) is 6.04 Å². The molecule has 0 saturated carbocycles. The number of hydrogen-bond acceptors (Lipinski definition) is 3. The second-order valence-corrected chi connectivity index (χ2v) is 9.43. The van der Waals surface area contributed by atoms with Crippen LogP contribution in [0, 0.1) is 17.5 Å². The van der Waals surface area contributed by atoms with Crippen LogP contribution in [0.1, 0.15) is 43.9 Å². The summed E-state index contributed by atoms with van der Waals surface area (Å²) in [6.07, 6.45) is 0.321. The zero-order valence-electron chi connectivity index (χ0n) is 21.0. The molecule has 2 atom stereocenters. The molecule has 0 unspecified atom stereocenters. The van der Waals surface area contributed by atoms with Crippen molar-refractivity contribution in [3.63, 3.8) is 0 Å². The summed E-state index contributed by atoms with van der Waals surface area (Å²) in [5.74, 6) is -1.77. The third-order valence-electron chi connectivity index (χ3n) is 7.14. The van der Waals surface area contributed by atoms with Crippen molar-refractivity contribution in [1.82, 2.24) is 9.80 Å². The van der Waals surface area contributed by atoms with E-state index in [4.69, 9.17) is 4.74 Å². The number of nitrogens with zero attached hydrogens (tertiary/aromatic N) is 2. The van der Waals surface area contributed by atoms with Crippen LogP contribution >= 0.6 is 0 Å². The summed E-state index contributed by atoms with van der Waals surface area (Å²) in [4.78, 5) is 28.2. The fourth-order valence-electron chi connectivity index (χ4n) is 4.65. The van der Waals surface area contributed by atoms with E-state index in [1.165, 1.54) is 31.2 Å². The molecule has 5 nitrogen and oxygen atoms in total. The van der Waals surface area contributed by atoms with Crippen molar-refractivity contribution < 1.29 is 27.5 Å². The van der Waals surface area contributed by atoms with Gasteiger partial charge in [0.2, 0.25) is 5.91 Å². The van der Waals surface area contributed by atoms with Gasteiger partial charge in [-0.1, -0.05) is 36.4 Å². The van der Waals surface area contributed by atoms with Gasteiger partial charge in [-0.3, -0.25) is 4.79 Å². The highest BCUT2D eigenvalue weighted by Gasteiger charge is 2.43. The molecule has 0 aromatic heterocycles. The third kappa shape index (κ3) is 5.63. The van der Waals surface area contributed by atoms with Gasteiger partial charge >= 0.3 is 6.09 Å². The second kappa shape index (κ2) is 10.7. The van der Waals surface area contributed by atoms with Gasteiger partial charge in [0.25, 0.3) is 0 Å². The normalized spacial score (nSPS) is 18.3. The van der Waals surface area contributed by atoms with E-state index in [2.05, 4.69) is 0 Å². The average Bonchev–Trinajstić information content (AvgIpc) is 2.87. The molecule has 8 heteroatoms. The third-order valence-corrected chi connectivity index (χ3v) is 7.14. The summed E-state index contributed by atoms with van der Waals surface area (Å²) in [5.41, 5.74) is 1.40. The average molecular weight is 511 g/mol. The Morgan fingerprint density at radius 2 is 1.68 bits per heavy atom. The molecular weight excluding hydrogens is 481 g/mol. The maximum Gasteiger partial charge on any atom is 0.411 e. The summed E-state index contributed by atoms with van der Waals surface area (Å²) in [7, 11) is 1.68. The van der Waals surface area contributed by atoms with E-state index in [0.29, 0.717) is 37.1 Å². The molecule has 0 bridgehead atoms. The van der Waals surface area contributed by atoms with Crippen LogP contribution in [-0.4, -0.2) is 41.9 Å². The lowest BCUT2D eigenvalue weighted by Gasteiger charge is -2.44. The number of halogens is 3. The molecule has 1 aliphatic heterocycles. The van der Waals surface area contributed by atoms with Crippen LogP contribution in [0.25, 0.3) is 11.1 Å². The van der Waals surface area contributed by atoms with Crippen LogP contribution in [0.2, 0.25) is 0 Å². The first kappa shape index (κ1) is 26.3. The van der Waals surface area contributed by atoms with Gasteiger partial charge in [-0.05, 0) is 47.9 Å². The Bertz CT molecular complexity index is 1280. The Labute approximate surface area is 214 Å². The van der Waals surface area contributed by atoms with Crippen LogP contribution in [0.4, 0.5) is 18.0 Å². The van der Waals surface area contributed by atoms with Crippen molar-refractivity contribution in [3.8, 4) is 11.1 Å². The van der Waals surface area contributed by atoms with E-state index in [1.54, 1.807) is 53.2 Å². The molecule has 1 aliphatic rings. The quantitative estimate of drug-likeness (QED) is 0.368. The topological polar surface area (TPSA) is 49.9 Å². The fraction of sp³-hybridized carbons (Fsp3) is 0.310. The number of ether oxygens (including phenoxy) is 1. The van der Waals surface area contributed by atoms with Gasteiger partial charge in [-0.2, -0.15) is 0 Å². The Kier molecular flexibility index (Phi) is 7.57. The van der Waals surface area contributed by atoms with Gasteiger partial charge in [-0.15, -0.1) is 0 Å². The standard InChI is InChI=1S/C29H29F3N2O3/c1-19(21-4-6-22(7-5-21)26-13-12-25(31)18-27(26)32)34-17-15-29(37-28(34)36,14-16-33(3)20(2)35)23-8-10-24(30)11-9-23/h4-13,18-19H,14-17H2,1-3H3/t19-,29-/m0/s1. The Morgan fingerprint density at radius 1 is 1.03 bits per heavy atom. The van der Waals surface area contributed by atoms with E-state index in [9.17, 15) is 22.8 Å². The first-order valence-corrected chi connectivity index (χ1v) is 12.1. The molecule has 0 N–H and O–H groups in total. The van der Waals surface area contributed by atoms with Crippen molar-refractivity contribution in [2.24, 2.45) is 0 Å². The molecule has 1 saturated heterocycles. The van der Waals surface area contributed by atoms with E-state index in [-0.39, 0.29) is 23.3 Å². The summed E-state index contributed by atoms with van der Waals surface area (Å²) in [6, 6.07) is 16.1. The molecule has 194 valence electrons. The second-order valence-electron chi connectivity index (χ2n) is 9.43. The lowest BCUT2D eigenvalue weighted by atomic mass is 9.85. The molecule has 37 heavy (non-hydrogen) atoms. The Morgan fingerprint density at radius 3 is 2.27 bits per heavy atom. The first-order chi connectivity index (χ1) is 17.6. The lowest BCUT2D eigenvalue weighted by molar-refractivity contribution is -0.128. The number of carbonyl (C=O) groups is 2. The summed E-state index contributed by atoms with van der Waals surface area (Å²) in [6.45, 7) is 4.10. The van der Waals surface area contributed by atoms with Gasteiger partial charge in [0.15, 0.2) is 0 Å². The molecule has 1 fully saturated rings. The summed E-state index contributed by atoms with van der Waals surface area (Å²) < 4.78 is 47.1. The van der Waals surface area contributed by atoms with Crippen molar-refractivity contribution >= 4 is 12.0 Å². The molecule has 1 heterocycles. The number of amides is 2. The van der Waals surface area contributed by atoms with Crippen LogP contribution in [-0.2, 0) is 15.1 Å². The number of rotatable bonds is 7. The first-order valence-electron chi connectivity index (χ1n) is 12.1. The van der Waals surface area contributed by atoms with E-state index >= 15 is 0 Å². The highest BCUT2D eigenvalue weighted by atomic mass is 19.1. The number of benzene rings is 3. The highest BCUT2D eigenvalue weighted by Crippen LogP contribution is 2.40. The SMILES string of the molecule is CC(=O)N(C)CC[C@@]1(c2ccc(F)cc2)CCN([C@@H](C)c2ccc(-c3ccc(F)cc3F)cc2)C(=O)O1. The van der Waals surface area contributed by atoms with Crippen LogP contribution in [0.5, 0.6) is 0 Å². The molecule has 3 aromatic rings. The lowest BCUT2D eigenvalue weighted by Crippen LogP contribution is -2.49. The van der Waals surface area contributed by atoms with Crippen molar-refractivity contribution in [2.75, 3.05) is 20.1 Å². The Hall–Kier alpha value is -3.81. The predicted molar refractivity (Wildman–Crippen MR) is 134 cm³/mol. The number of carbonyl (C=O) groups excluding carboxylic acids is 2. The molecule has 0 spiro atoms. The number of hydrogen-bond donors (Lipinski definition) is 0.